The third kappa shape index (κ3) is 51.8. The van der Waals surface area contributed by atoms with Gasteiger partial charge in [0.05, 0.1) is 26.4 Å². The maximum Gasteiger partial charge on any atom is 0.159 e. The van der Waals surface area contributed by atoms with Gasteiger partial charge in [0.25, 0.3) is 0 Å². The van der Waals surface area contributed by atoms with Gasteiger partial charge in [-0.25, -0.2) is 0 Å². The van der Waals surface area contributed by atoms with Crippen LogP contribution in [0.1, 0.15) is 337 Å². The average Bonchev–Trinajstić information content (AvgIpc) is 3.38. The average molecular weight is 1010 g/mol. The molecular weight excluding hydrogens is 881 g/mol. The number of unbranched alkanes of at least 4 members (excludes halogenated alkanes) is 38. The molecule has 0 aliphatic heterocycles. The van der Waals surface area contributed by atoms with Crippen molar-refractivity contribution < 1.29 is 33.2 Å². The highest BCUT2D eigenvalue weighted by Crippen LogP contribution is 2.23. The van der Waals surface area contributed by atoms with E-state index in [0.717, 1.165) is 87.6 Å². The summed E-state index contributed by atoms with van der Waals surface area (Å²) in [7, 11) is 0. The Balaban J connectivity index is 5.75. The van der Waals surface area contributed by atoms with E-state index >= 15 is 0 Å². The minimum Gasteiger partial charge on any atom is -0.494 e. The Morgan fingerprint density at radius 1 is 0.197 bits per heavy atom. The lowest BCUT2D eigenvalue weighted by molar-refractivity contribution is -0.132. The number of ether oxygens (including phenoxy) is 7. The van der Waals surface area contributed by atoms with Crippen LogP contribution in [0.3, 0.4) is 0 Å². The number of hydrogen-bond acceptors (Lipinski definition) is 7. The zero-order valence-corrected chi connectivity index (χ0v) is 49.0. The van der Waals surface area contributed by atoms with Crippen LogP contribution in [0.2, 0.25) is 0 Å². The molecule has 0 aromatic rings. The first kappa shape index (κ1) is 69.6. The fourth-order valence-electron chi connectivity index (χ4n) is 9.27. The van der Waals surface area contributed by atoms with Crippen LogP contribution in [0.25, 0.3) is 0 Å². The molecule has 0 aromatic heterocycles. The van der Waals surface area contributed by atoms with Gasteiger partial charge in [0.2, 0.25) is 0 Å². The minimum atomic E-state index is 0.129. The summed E-state index contributed by atoms with van der Waals surface area (Å²) in [5.41, 5.74) is 0. The molecule has 0 aliphatic rings. The van der Waals surface area contributed by atoms with Crippen LogP contribution in [-0.2, 0) is 33.2 Å². The molecule has 424 valence electrons. The third-order valence-corrected chi connectivity index (χ3v) is 14.0. The molecule has 0 rings (SSSR count). The Labute approximate surface area is 444 Å². The summed E-state index contributed by atoms with van der Waals surface area (Å²) in [4.78, 5) is 0. The van der Waals surface area contributed by atoms with Crippen LogP contribution in [0.15, 0.2) is 23.0 Å². The Kier molecular flexibility index (Phi) is 59.9. The van der Waals surface area contributed by atoms with Crippen molar-refractivity contribution in [1.82, 2.24) is 0 Å². The fraction of sp³-hybridized carbons (Fsp3) is 0.938. The van der Waals surface area contributed by atoms with Gasteiger partial charge >= 0.3 is 0 Å². The molecule has 7 nitrogen and oxygen atoms in total. The zero-order chi connectivity index (χ0) is 51.4. The van der Waals surface area contributed by atoms with E-state index in [1.807, 2.05) is 0 Å². The molecule has 0 heterocycles. The lowest BCUT2D eigenvalue weighted by Gasteiger charge is -2.19. The summed E-state index contributed by atoms with van der Waals surface area (Å²) in [5.74, 6) is 3.71. The Morgan fingerprint density at radius 2 is 0.394 bits per heavy atom. The SMILES string of the molecule is CCCCCCCCCCCCC(OCCCCCCCC)=C(COCOCOCC(OCCCCCCCC)=C(CCCCCCCCCCCC)OCCCCCCCC)OCCCCCCCC. The zero-order valence-electron chi connectivity index (χ0n) is 49.0. The highest BCUT2D eigenvalue weighted by Gasteiger charge is 2.14. The quantitative estimate of drug-likeness (QED) is 0.0342. The molecule has 0 radical (unpaired) electrons. The monoisotopic (exact) mass is 1010 g/mol. The standard InChI is InChI=1S/C64H126O7/c1-7-13-19-25-31-33-35-37-39-45-51-61(68-53-47-41-27-21-15-9-3)63(70-55-49-43-29-23-17-11-5)57-65-59-67-60-66-58-64(71-56-50-44-30-24-18-12-6)62(69-54-48-42-28-22-16-10-4)52-46-40-38-36-34-32-26-20-14-8-2/h7-60H2,1-6H3. The smallest absolute Gasteiger partial charge is 0.159 e. The van der Waals surface area contributed by atoms with Gasteiger partial charge in [-0.15, -0.1) is 0 Å². The first-order valence-corrected chi connectivity index (χ1v) is 31.9. The summed E-state index contributed by atoms with van der Waals surface area (Å²) < 4.78 is 44.8. The Hall–Kier alpha value is -1.44. The summed E-state index contributed by atoms with van der Waals surface area (Å²) >= 11 is 0. The van der Waals surface area contributed by atoms with Gasteiger partial charge in [-0.3, -0.25) is 0 Å². The molecule has 0 aromatic carbocycles. The van der Waals surface area contributed by atoms with Crippen LogP contribution in [0.4, 0.5) is 0 Å². The predicted octanol–water partition coefficient (Wildman–Crippen LogP) is 21.5. The van der Waals surface area contributed by atoms with E-state index < -0.39 is 0 Å². The van der Waals surface area contributed by atoms with E-state index in [4.69, 9.17) is 33.2 Å². The van der Waals surface area contributed by atoms with Gasteiger partial charge in [0.1, 0.15) is 38.3 Å². The van der Waals surface area contributed by atoms with Crippen molar-refractivity contribution in [3.05, 3.63) is 23.0 Å². The van der Waals surface area contributed by atoms with Gasteiger partial charge in [0, 0.05) is 12.8 Å². The Bertz CT molecular complexity index is 993. The summed E-state index contributed by atoms with van der Waals surface area (Å²) in [6, 6.07) is 0. The molecule has 0 atom stereocenters. The second kappa shape index (κ2) is 61.1. The topological polar surface area (TPSA) is 64.6 Å². The van der Waals surface area contributed by atoms with Crippen molar-refractivity contribution in [3.63, 3.8) is 0 Å². The maximum absolute atomic E-state index is 6.62. The second-order valence-corrected chi connectivity index (χ2v) is 21.2. The molecule has 0 N–H and O–H groups in total. The lowest BCUT2D eigenvalue weighted by atomic mass is 10.1. The highest BCUT2D eigenvalue weighted by atomic mass is 16.7. The first-order chi connectivity index (χ1) is 35.2. The molecule has 71 heavy (non-hydrogen) atoms. The van der Waals surface area contributed by atoms with E-state index in [9.17, 15) is 0 Å². The van der Waals surface area contributed by atoms with E-state index in [0.29, 0.717) is 26.4 Å². The molecular formula is C64H126O7. The first-order valence-electron chi connectivity index (χ1n) is 31.9. The molecule has 0 amide bonds. The normalized spacial score (nSPS) is 12.4. The van der Waals surface area contributed by atoms with Crippen molar-refractivity contribution >= 4 is 0 Å². The summed E-state index contributed by atoms with van der Waals surface area (Å²) in [5, 5.41) is 0. The summed E-state index contributed by atoms with van der Waals surface area (Å²) in [6.45, 7) is 17.6. The maximum atomic E-state index is 6.62. The van der Waals surface area contributed by atoms with Crippen molar-refractivity contribution in [2.24, 2.45) is 0 Å². The van der Waals surface area contributed by atoms with Crippen LogP contribution in [0, 0.1) is 0 Å². The second-order valence-electron chi connectivity index (χ2n) is 21.2. The van der Waals surface area contributed by atoms with Crippen LogP contribution >= 0.6 is 0 Å². The van der Waals surface area contributed by atoms with Gasteiger partial charge in [-0.05, 0) is 38.5 Å². The molecule has 0 saturated carbocycles. The lowest BCUT2D eigenvalue weighted by Crippen LogP contribution is -2.14. The fourth-order valence-corrected chi connectivity index (χ4v) is 9.27. The molecule has 0 saturated heterocycles. The van der Waals surface area contributed by atoms with Gasteiger partial charge in [-0.2, -0.15) is 0 Å². The Morgan fingerprint density at radius 3 is 0.634 bits per heavy atom. The van der Waals surface area contributed by atoms with Crippen LogP contribution < -0.4 is 0 Å². The molecule has 0 spiro atoms. The van der Waals surface area contributed by atoms with E-state index in [-0.39, 0.29) is 13.6 Å². The molecule has 0 bridgehead atoms. The molecule has 0 aliphatic carbocycles. The van der Waals surface area contributed by atoms with Crippen molar-refractivity contribution in [2.45, 2.75) is 337 Å². The number of rotatable bonds is 62. The highest BCUT2D eigenvalue weighted by molar-refractivity contribution is 5.03. The van der Waals surface area contributed by atoms with Crippen LogP contribution in [0.5, 0.6) is 0 Å². The molecule has 0 fully saturated rings. The van der Waals surface area contributed by atoms with Crippen molar-refractivity contribution in [2.75, 3.05) is 53.2 Å². The summed E-state index contributed by atoms with van der Waals surface area (Å²) in [6.07, 6.45) is 58.1. The largest absolute Gasteiger partial charge is 0.494 e. The van der Waals surface area contributed by atoms with E-state index in [1.54, 1.807) is 0 Å². The molecule has 7 heteroatoms. The molecule has 0 unspecified atom stereocenters. The van der Waals surface area contributed by atoms with E-state index in [1.165, 1.54) is 244 Å². The predicted molar refractivity (Wildman–Crippen MR) is 307 cm³/mol. The third-order valence-electron chi connectivity index (χ3n) is 14.0. The van der Waals surface area contributed by atoms with Crippen molar-refractivity contribution in [3.8, 4) is 0 Å². The van der Waals surface area contributed by atoms with Gasteiger partial charge < -0.3 is 33.2 Å². The van der Waals surface area contributed by atoms with Crippen LogP contribution in [-0.4, -0.2) is 53.2 Å². The van der Waals surface area contributed by atoms with Gasteiger partial charge in [-0.1, -0.05) is 286 Å². The number of hydrogen-bond donors (Lipinski definition) is 0. The van der Waals surface area contributed by atoms with E-state index in [2.05, 4.69) is 41.5 Å². The number of allylic oxidation sites excluding steroid dienone is 2. The van der Waals surface area contributed by atoms with Gasteiger partial charge in [0.15, 0.2) is 11.5 Å². The minimum absolute atomic E-state index is 0.129. The van der Waals surface area contributed by atoms with Crippen molar-refractivity contribution in [1.29, 1.82) is 0 Å².